The van der Waals surface area contributed by atoms with Crippen molar-refractivity contribution in [3.05, 3.63) is 93.5 Å². The second-order valence-electron chi connectivity index (χ2n) is 6.80. The predicted octanol–water partition coefficient (Wildman–Crippen LogP) is 5.22. The summed E-state index contributed by atoms with van der Waals surface area (Å²) in [5, 5.41) is 3.48. The van der Waals surface area contributed by atoms with Gasteiger partial charge in [-0.3, -0.25) is 14.2 Å². The van der Waals surface area contributed by atoms with E-state index in [9.17, 15) is 14.0 Å². The minimum atomic E-state index is -0.584. The highest BCUT2D eigenvalue weighted by atomic mass is 35.5. The Bertz CT molecular complexity index is 1360. The minimum Gasteiger partial charge on any atom is -0.325 e. The van der Waals surface area contributed by atoms with Gasteiger partial charge in [-0.25, -0.2) is 9.37 Å². The van der Waals surface area contributed by atoms with Crippen LogP contribution >= 0.6 is 23.4 Å². The smallest absolute Gasteiger partial charge is 0.266 e. The fourth-order valence-electron chi connectivity index (χ4n) is 3.09. The fraction of sp³-hybridized carbons (Fsp3) is 0.0870. The molecule has 1 aromatic heterocycles. The molecule has 0 spiro atoms. The first-order valence-corrected chi connectivity index (χ1v) is 10.8. The molecule has 0 radical (unpaired) electrons. The number of rotatable bonds is 5. The van der Waals surface area contributed by atoms with Gasteiger partial charge in [0, 0.05) is 5.69 Å². The summed E-state index contributed by atoms with van der Waals surface area (Å²) in [6, 6.07) is 18.4. The Kier molecular flexibility index (Phi) is 6.06. The number of anilines is 1. The second kappa shape index (κ2) is 8.91. The molecule has 5 nitrogen and oxygen atoms in total. The van der Waals surface area contributed by atoms with Gasteiger partial charge in [0.25, 0.3) is 5.56 Å². The molecule has 4 rings (SSSR count). The van der Waals surface area contributed by atoms with Crippen molar-refractivity contribution in [2.75, 3.05) is 11.1 Å². The maximum Gasteiger partial charge on any atom is 0.266 e. The molecule has 156 valence electrons. The van der Waals surface area contributed by atoms with E-state index in [0.717, 1.165) is 23.0 Å². The van der Waals surface area contributed by atoms with E-state index in [4.69, 9.17) is 11.6 Å². The Morgan fingerprint density at radius 2 is 1.87 bits per heavy atom. The highest BCUT2D eigenvalue weighted by Gasteiger charge is 2.16. The van der Waals surface area contributed by atoms with Gasteiger partial charge in [-0.1, -0.05) is 53.7 Å². The van der Waals surface area contributed by atoms with Crippen molar-refractivity contribution in [1.29, 1.82) is 0 Å². The van der Waals surface area contributed by atoms with Gasteiger partial charge < -0.3 is 5.32 Å². The molecule has 0 bridgehead atoms. The number of aryl methyl sites for hydroxylation is 1. The Morgan fingerprint density at radius 1 is 1.13 bits per heavy atom. The van der Waals surface area contributed by atoms with Crippen LogP contribution in [0.5, 0.6) is 0 Å². The largest absolute Gasteiger partial charge is 0.325 e. The molecule has 0 saturated carbocycles. The number of benzene rings is 3. The summed E-state index contributed by atoms with van der Waals surface area (Å²) >= 11 is 7.05. The van der Waals surface area contributed by atoms with Gasteiger partial charge in [-0.15, -0.1) is 0 Å². The summed E-state index contributed by atoms with van der Waals surface area (Å²) < 4.78 is 15.0. The van der Waals surface area contributed by atoms with Crippen LogP contribution in [0.4, 0.5) is 10.1 Å². The lowest BCUT2D eigenvalue weighted by atomic mass is 10.2. The third-order valence-electron chi connectivity index (χ3n) is 4.66. The average Bonchev–Trinajstić information content (AvgIpc) is 2.76. The number of para-hydroxylation sites is 2. The van der Waals surface area contributed by atoms with E-state index < -0.39 is 5.82 Å². The van der Waals surface area contributed by atoms with Gasteiger partial charge in [0.1, 0.15) is 5.82 Å². The van der Waals surface area contributed by atoms with Crippen LogP contribution in [-0.2, 0) is 4.79 Å². The Labute approximate surface area is 186 Å². The predicted molar refractivity (Wildman–Crippen MR) is 123 cm³/mol. The summed E-state index contributed by atoms with van der Waals surface area (Å²) in [5.41, 5.74) is 2.23. The van der Waals surface area contributed by atoms with Crippen LogP contribution in [0.25, 0.3) is 16.6 Å². The van der Waals surface area contributed by atoms with E-state index in [1.54, 1.807) is 24.3 Å². The first-order chi connectivity index (χ1) is 14.9. The van der Waals surface area contributed by atoms with Crippen LogP contribution in [0, 0.1) is 12.7 Å². The molecule has 1 N–H and O–H groups in total. The van der Waals surface area contributed by atoms with Crippen molar-refractivity contribution >= 4 is 45.9 Å². The minimum absolute atomic E-state index is 0.0358. The SMILES string of the molecule is Cc1ccccc1NC(=O)CSc1nc2ccccc2c(=O)n1-c1ccc(F)c(Cl)c1. The number of hydrogen-bond acceptors (Lipinski definition) is 4. The van der Waals surface area contributed by atoms with Crippen LogP contribution < -0.4 is 10.9 Å². The maximum atomic E-state index is 13.7. The Morgan fingerprint density at radius 3 is 2.65 bits per heavy atom. The van der Waals surface area contributed by atoms with Crippen LogP contribution in [0.3, 0.4) is 0 Å². The molecule has 0 aliphatic carbocycles. The summed E-state index contributed by atoms with van der Waals surface area (Å²) in [4.78, 5) is 30.3. The molecule has 0 fully saturated rings. The molecular formula is C23H17ClFN3O2S. The number of aromatic nitrogens is 2. The summed E-state index contributed by atoms with van der Waals surface area (Å²) in [7, 11) is 0. The Balaban J connectivity index is 1.70. The number of carbonyl (C=O) groups is 1. The van der Waals surface area contributed by atoms with Gasteiger partial charge in [-0.2, -0.15) is 0 Å². The van der Waals surface area contributed by atoms with E-state index in [1.165, 1.54) is 22.8 Å². The molecule has 0 aliphatic heterocycles. The van der Waals surface area contributed by atoms with Crippen molar-refractivity contribution in [2.45, 2.75) is 12.1 Å². The standard InChI is InChI=1S/C23H17ClFN3O2S/c1-14-6-2-4-8-19(14)26-21(29)13-31-23-27-20-9-5-3-7-16(20)22(30)28(23)15-10-11-18(25)17(24)12-15/h2-12H,13H2,1H3,(H,26,29). The second-order valence-corrected chi connectivity index (χ2v) is 8.15. The quantitative estimate of drug-likeness (QED) is 0.332. The number of halogens is 2. The van der Waals surface area contributed by atoms with Crippen LogP contribution in [0.1, 0.15) is 5.56 Å². The first kappa shape index (κ1) is 21.1. The number of thioether (sulfide) groups is 1. The fourth-order valence-corrected chi connectivity index (χ4v) is 4.08. The molecule has 0 unspecified atom stereocenters. The molecule has 0 saturated heterocycles. The summed E-state index contributed by atoms with van der Waals surface area (Å²) in [6.07, 6.45) is 0. The zero-order valence-electron chi connectivity index (χ0n) is 16.4. The van der Waals surface area contributed by atoms with Gasteiger partial charge in [-0.05, 0) is 48.9 Å². The van der Waals surface area contributed by atoms with Gasteiger partial charge in [0.15, 0.2) is 5.16 Å². The van der Waals surface area contributed by atoms with Crippen LogP contribution in [-0.4, -0.2) is 21.2 Å². The normalized spacial score (nSPS) is 10.9. The molecule has 31 heavy (non-hydrogen) atoms. The number of nitrogens with zero attached hydrogens (tertiary/aromatic N) is 2. The van der Waals surface area contributed by atoms with E-state index >= 15 is 0 Å². The van der Waals surface area contributed by atoms with E-state index in [1.807, 2.05) is 31.2 Å². The third kappa shape index (κ3) is 4.47. The van der Waals surface area contributed by atoms with Gasteiger partial charge in [0.2, 0.25) is 5.91 Å². The van der Waals surface area contributed by atoms with Crippen molar-refractivity contribution < 1.29 is 9.18 Å². The third-order valence-corrected chi connectivity index (χ3v) is 5.89. The van der Waals surface area contributed by atoms with Crippen molar-refractivity contribution in [2.24, 2.45) is 0 Å². The van der Waals surface area contributed by atoms with Crippen molar-refractivity contribution in [3.63, 3.8) is 0 Å². The number of fused-ring (bicyclic) bond motifs is 1. The van der Waals surface area contributed by atoms with Crippen LogP contribution in [0.15, 0.2) is 76.7 Å². The zero-order chi connectivity index (χ0) is 22.0. The average molecular weight is 454 g/mol. The molecular weight excluding hydrogens is 437 g/mol. The zero-order valence-corrected chi connectivity index (χ0v) is 18.0. The number of hydrogen-bond donors (Lipinski definition) is 1. The van der Waals surface area contributed by atoms with E-state index in [0.29, 0.717) is 21.7 Å². The monoisotopic (exact) mass is 453 g/mol. The highest BCUT2D eigenvalue weighted by Crippen LogP contribution is 2.24. The molecule has 3 aromatic carbocycles. The number of nitrogens with one attached hydrogen (secondary N) is 1. The molecule has 8 heteroatoms. The lowest BCUT2D eigenvalue weighted by Gasteiger charge is -2.14. The van der Waals surface area contributed by atoms with Gasteiger partial charge in [0.05, 0.1) is 27.4 Å². The lowest BCUT2D eigenvalue weighted by Crippen LogP contribution is -2.23. The van der Waals surface area contributed by atoms with Gasteiger partial charge >= 0.3 is 0 Å². The summed E-state index contributed by atoms with van der Waals surface area (Å²) in [6.45, 7) is 1.91. The van der Waals surface area contributed by atoms with Crippen molar-refractivity contribution in [1.82, 2.24) is 9.55 Å². The topological polar surface area (TPSA) is 64.0 Å². The molecule has 0 atom stereocenters. The Hall–Kier alpha value is -3.16. The molecule has 1 amide bonds. The molecule has 4 aromatic rings. The van der Waals surface area contributed by atoms with Crippen LogP contribution in [0.2, 0.25) is 5.02 Å². The molecule has 0 aliphatic rings. The number of carbonyl (C=O) groups excluding carboxylic acids is 1. The lowest BCUT2D eigenvalue weighted by molar-refractivity contribution is -0.113. The number of amides is 1. The van der Waals surface area contributed by atoms with E-state index in [-0.39, 0.29) is 22.2 Å². The maximum absolute atomic E-state index is 13.7. The molecule has 1 heterocycles. The summed E-state index contributed by atoms with van der Waals surface area (Å²) in [5.74, 6) is -0.780. The van der Waals surface area contributed by atoms with E-state index in [2.05, 4.69) is 10.3 Å². The van der Waals surface area contributed by atoms with Crippen molar-refractivity contribution in [3.8, 4) is 5.69 Å². The highest BCUT2D eigenvalue weighted by molar-refractivity contribution is 7.99. The first-order valence-electron chi connectivity index (χ1n) is 9.39.